The van der Waals surface area contributed by atoms with Crippen molar-refractivity contribution >= 4 is 11.6 Å². The molecule has 0 amide bonds. The SMILES string of the molecule is N#CC1C(Cl)CCCC1[N+](=O)[O-]. The first-order valence-electron chi connectivity index (χ1n) is 3.84. The molecule has 0 saturated heterocycles. The highest BCUT2D eigenvalue weighted by Gasteiger charge is 2.39. The molecule has 0 aromatic heterocycles. The Kier molecular flexibility index (Phi) is 2.88. The van der Waals surface area contributed by atoms with E-state index in [1.165, 1.54) is 0 Å². The van der Waals surface area contributed by atoms with E-state index < -0.39 is 12.0 Å². The average molecular weight is 189 g/mol. The molecule has 1 rings (SSSR count). The number of hydrogen-bond donors (Lipinski definition) is 0. The predicted molar refractivity (Wildman–Crippen MR) is 43.4 cm³/mol. The molecule has 1 aliphatic carbocycles. The number of alkyl halides is 1. The first-order valence-corrected chi connectivity index (χ1v) is 4.27. The summed E-state index contributed by atoms with van der Waals surface area (Å²) in [5, 5.41) is 18.8. The van der Waals surface area contributed by atoms with Gasteiger partial charge in [0.25, 0.3) is 0 Å². The second-order valence-electron chi connectivity index (χ2n) is 2.95. The Morgan fingerprint density at radius 3 is 2.67 bits per heavy atom. The van der Waals surface area contributed by atoms with Gasteiger partial charge in [0.2, 0.25) is 6.04 Å². The van der Waals surface area contributed by atoms with Gasteiger partial charge in [0, 0.05) is 11.3 Å². The van der Waals surface area contributed by atoms with Gasteiger partial charge in [-0.3, -0.25) is 10.1 Å². The minimum absolute atomic E-state index is 0.348. The minimum Gasteiger partial charge on any atom is -0.264 e. The van der Waals surface area contributed by atoms with Crippen molar-refractivity contribution in [2.45, 2.75) is 30.7 Å². The highest BCUT2D eigenvalue weighted by atomic mass is 35.5. The lowest BCUT2D eigenvalue weighted by atomic mass is 9.85. The molecule has 1 fully saturated rings. The summed E-state index contributed by atoms with van der Waals surface area (Å²) in [6.07, 6.45) is 1.94. The monoisotopic (exact) mass is 188 g/mol. The summed E-state index contributed by atoms with van der Waals surface area (Å²) in [5.41, 5.74) is 0. The topological polar surface area (TPSA) is 66.9 Å². The summed E-state index contributed by atoms with van der Waals surface area (Å²) < 4.78 is 0. The fourth-order valence-electron chi connectivity index (χ4n) is 1.53. The third kappa shape index (κ3) is 1.67. The summed E-state index contributed by atoms with van der Waals surface area (Å²) >= 11 is 5.79. The molecule has 5 heteroatoms. The Bertz CT molecular complexity index is 226. The third-order valence-corrected chi connectivity index (χ3v) is 2.69. The maximum atomic E-state index is 10.5. The van der Waals surface area contributed by atoms with Crippen LogP contribution in [0.1, 0.15) is 19.3 Å². The summed E-state index contributed by atoms with van der Waals surface area (Å²) in [6, 6.07) is 1.15. The van der Waals surface area contributed by atoms with Gasteiger partial charge in [0.15, 0.2) is 0 Å². The number of rotatable bonds is 1. The van der Waals surface area contributed by atoms with Crippen LogP contribution in [0.3, 0.4) is 0 Å². The van der Waals surface area contributed by atoms with Crippen molar-refractivity contribution < 1.29 is 4.92 Å². The number of hydrogen-bond acceptors (Lipinski definition) is 3. The van der Waals surface area contributed by atoms with E-state index >= 15 is 0 Å². The van der Waals surface area contributed by atoms with Crippen LogP contribution in [0.5, 0.6) is 0 Å². The van der Waals surface area contributed by atoms with Crippen molar-refractivity contribution in [2.24, 2.45) is 5.92 Å². The van der Waals surface area contributed by atoms with Crippen LogP contribution >= 0.6 is 11.6 Å². The summed E-state index contributed by atoms with van der Waals surface area (Å²) in [5.74, 6) is -0.615. The molecule has 0 spiro atoms. The molecule has 66 valence electrons. The van der Waals surface area contributed by atoms with Gasteiger partial charge in [-0.1, -0.05) is 0 Å². The van der Waals surface area contributed by atoms with Gasteiger partial charge in [-0.25, -0.2) is 0 Å². The number of halogens is 1. The molecule has 3 unspecified atom stereocenters. The Labute approximate surface area is 75.3 Å². The maximum absolute atomic E-state index is 10.5. The van der Waals surface area contributed by atoms with Crippen molar-refractivity contribution in [2.75, 3.05) is 0 Å². The highest BCUT2D eigenvalue weighted by molar-refractivity contribution is 6.21. The quantitative estimate of drug-likeness (QED) is 0.356. The van der Waals surface area contributed by atoms with E-state index in [4.69, 9.17) is 16.9 Å². The van der Waals surface area contributed by atoms with Gasteiger partial charge in [-0.2, -0.15) is 5.26 Å². The zero-order valence-corrected chi connectivity index (χ0v) is 7.20. The first kappa shape index (κ1) is 9.27. The van der Waals surface area contributed by atoms with E-state index in [0.717, 1.165) is 6.42 Å². The molecular formula is C7H9ClN2O2. The zero-order valence-electron chi connectivity index (χ0n) is 6.44. The van der Waals surface area contributed by atoms with E-state index in [1.54, 1.807) is 0 Å². The molecule has 12 heavy (non-hydrogen) atoms. The third-order valence-electron chi connectivity index (χ3n) is 2.20. The first-order chi connectivity index (χ1) is 5.66. The van der Waals surface area contributed by atoms with Gasteiger partial charge in [0.05, 0.1) is 11.4 Å². The van der Waals surface area contributed by atoms with Crippen LogP contribution < -0.4 is 0 Å². The van der Waals surface area contributed by atoms with Gasteiger partial charge >= 0.3 is 0 Å². The summed E-state index contributed by atoms with van der Waals surface area (Å²) in [4.78, 5) is 10.1. The second kappa shape index (κ2) is 3.72. The van der Waals surface area contributed by atoms with E-state index in [9.17, 15) is 10.1 Å². The van der Waals surface area contributed by atoms with E-state index in [-0.39, 0.29) is 10.3 Å². The lowest BCUT2D eigenvalue weighted by molar-refractivity contribution is -0.532. The van der Waals surface area contributed by atoms with Crippen molar-refractivity contribution in [3.63, 3.8) is 0 Å². The van der Waals surface area contributed by atoms with Crippen LogP contribution in [-0.4, -0.2) is 16.3 Å². The molecule has 0 bridgehead atoms. The van der Waals surface area contributed by atoms with Gasteiger partial charge in [-0.15, -0.1) is 11.6 Å². The molecule has 4 nitrogen and oxygen atoms in total. The van der Waals surface area contributed by atoms with Crippen molar-refractivity contribution in [3.8, 4) is 6.07 Å². The molecule has 1 saturated carbocycles. The molecule has 0 aromatic carbocycles. The van der Waals surface area contributed by atoms with Crippen LogP contribution in [0.25, 0.3) is 0 Å². The molecule has 0 aliphatic heterocycles. The Morgan fingerprint density at radius 2 is 2.25 bits per heavy atom. The molecule has 0 radical (unpaired) electrons. The van der Waals surface area contributed by atoms with Crippen LogP contribution in [0.4, 0.5) is 0 Å². The van der Waals surface area contributed by atoms with Gasteiger partial charge in [-0.05, 0) is 12.8 Å². The standard InChI is InChI=1S/C7H9ClN2O2/c8-6-2-1-3-7(10(11)12)5(6)4-9/h5-7H,1-3H2. The number of nitrogens with zero attached hydrogens (tertiary/aromatic N) is 2. The smallest absolute Gasteiger partial charge is 0.230 e. The normalized spacial score (nSPS) is 35.5. The highest BCUT2D eigenvalue weighted by Crippen LogP contribution is 2.29. The maximum Gasteiger partial charge on any atom is 0.230 e. The fourth-order valence-corrected chi connectivity index (χ4v) is 1.90. The minimum atomic E-state index is -0.758. The van der Waals surface area contributed by atoms with Crippen molar-refractivity contribution in [1.82, 2.24) is 0 Å². The summed E-state index contributed by atoms with van der Waals surface area (Å²) in [6.45, 7) is 0. The van der Waals surface area contributed by atoms with E-state index in [0.29, 0.717) is 12.8 Å². The largest absolute Gasteiger partial charge is 0.264 e. The molecule has 0 N–H and O–H groups in total. The lowest BCUT2D eigenvalue weighted by Crippen LogP contribution is -2.37. The molecule has 0 aromatic rings. The molecule has 1 aliphatic rings. The van der Waals surface area contributed by atoms with Crippen molar-refractivity contribution in [3.05, 3.63) is 10.1 Å². The fraction of sp³-hybridized carbons (Fsp3) is 0.857. The van der Waals surface area contributed by atoms with Crippen molar-refractivity contribution in [1.29, 1.82) is 5.26 Å². The Balaban J connectivity index is 2.72. The van der Waals surface area contributed by atoms with E-state index in [1.807, 2.05) is 6.07 Å². The molecule has 3 atom stereocenters. The number of nitriles is 1. The van der Waals surface area contributed by atoms with Crippen LogP contribution in [0.15, 0.2) is 0 Å². The molecular weight excluding hydrogens is 180 g/mol. The average Bonchev–Trinajstić information content (AvgIpc) is 2.03. The van der Waals surface area contributed by atoms with Gasteiger partial charge in [0.1, 0.15) is 5.92 Å². The van der Waals surface area contributed by atoms with Gasteiger partial charge < -0.3 is 0 Å². The molecule has 0 heterocycles. The predicted octanol–water partition coefficient (Wildman–Crippen LogP) is 1.56. The van der Waals surface area contributed by atoms with Crippen LogP contribution in [-0.2, 0) is 0 Å². The Hall–Kier alpha value is -0.820. The second-order valence-corrected chi connectivity index (χ2v) is 3.52. The Morgan fingerprint density at radius 1 is 1.58 bits per heavy atom. The lowest BCUT2D eigenvalue weighted by Gasteiger charge is -2.24. The zero-order chi connectivity index (χ0) is 9.14. The van der Waals surface area contributed by atoms with E-state index in [2.05, 4.69) is 0 Å². The summed E-state index contributed by atoms with van der Waals surface area (Å²) in [7, 11) is 0. The number of nitro groups is 1. The van der Waals surface area contributed by atoms with Crippen LogP contribution in [0, 0.1) is 27.4 Å². The van der Waals surface area contributed by atoms with Crippen LogP contribution in [0.2, 0.25) is 0 Å².